The first kappa shape index (κ1) is 7.56. The molecule has 2 rings (SSSR count). The molecule has 0 saturated carbocycles. The first-order chi connectivity index (χ1) is 5.77. The summed E-state index contributed by atoms with van der Waals surface area (Å²) < 4.78 is 0. The van der Waals surface area contributed by atoms with E-state index in [0.29, 0.717) is 0 Å². The molecule has 1 aromatic carbocycles. The van der Waals surface area contributed by atoms with Gasteiger partial charge in [-0.25, -0.2) is 0 Å². The average molecular weight is 177 g/mol. The van der Waals surface area contributed by atoms with Crippen LogP contribution in [0.2, 0.25) is 5.02 Å². The van der Waals surface area contributed by atoms with Gasteiger partial charge in [0.25, 0.3) is 0 Å². The second-order valence-electron chi connectivity index (χ2n) is 2.70. The first-order valence-electron chi connectivity index (χ1n) is 3.70. The number of halogens is 1. The van der Waals surface area contributed by atoms with Gasteiger partial charge in [-0.1, -0.05) is 23.7 Å². The Kier molecular flexibility index (Phi) is 1.74. The van der Waals surface area contributed by atoms with Crippen LogP contribution in [0.15, 0.2) is 24.4 Å². The maximum Gasteiger partial charge on any atom is 0.0798 e. The Morgan fingerprint density at radius 1 is 1.33 bits per heavy atom. The van der Waals surface area contributed by atoms with Gasteiger partial charge in [-0.2, -0.15) is 0 Å². The van der Waals surface area contributed by atoms with Gasteiger partial charge < -0.3 is 0 Å². The van der Waals surface area contributed by atoms with Crippen molar-refractivity contribution in [1.29, 1.82) is 0 Å². The number of hydrogen-bond acceptors (Lipinski definition) is 1. The molecule has 2 heteroatoms. The summed E-state index contributed by atoms with van der Waals surface area (Å²) in [7, 11) is 0. The molecule has 0 saturated heterocycles. The Morgan fingerprint density at radius 2 is 2.17 bits per heavy atom. The van der Waals surface area contributed by atoms with Gasteiger partial charge in [-0.05, 0) is 18.6 Å². The minimum atomic E-state index is 0.733. The quantitative estimate of drug-likeness (QED) is 0.602. The van der Waals surface area contributed by atoms with E-state index in [-0.39, 0.29) is 0 Å². The highest BCUT2D eigenvalue weighted by Crippen LogP contribution is 2.21. The van der Waals surface area contributed by atoms with Crippen LogP contribution in [0, 0.1) is 13.0 Å². The van der Waals surface area contributed by atoms with Gasteiger partial charge >= 0.3 is 0 Å². The smallest absolute Gasteiger partial charge is 0.0798 e. The van der Waals surface area contributed by atoms with Gasteiger partial charge in [-0.15, -0.1) is 0 Å². The summed E-state index contributed by atoms with van der Waals surface area (Å²) in [6.07, 6.45) is 1.70. The zero-order valence-electron chi connectivity index (χ0n) is 6.63. The second kappa shape index (κ2) is 2.76. The van der Waals surface area contributed by atoms with E-state index in [2.05, 4.69) is 11.1 Å². The third kappa shape index (κ3) is 1.16. The van der Waals surface area contributed by atoms with Crippen molar-refractivity contribution in [3.8, 4) is 0 Å². The van der Waals surface area contributed by atoms with E-state index in [1.54, 1.807) is 12.3 Å². The average Bonchev–Trinajstić information content (AvgIpc) is 2.04. The third-order valence-electron chi connectivity index (χ3n) is 1.75. The Morgan fingerprint density at radius 3 is 3.00 bits per heavy atom. The largest absolute Gasteiger partial charge is 0.255 e. The Hall–Kier alpha value is -1.08. The van der Waals surface area contributed by atoms with Crippen LogP contribution in [0.5, 0.6) is 0 Å². The predicted molar refractivity (Wildman–Crippen MR) is 50.3 cm³/mol. The van der Waals surface area contributed by atoms with Crippen LogP contribution in [-0.2, 0) is 0 Å². The number of aromatic nitrogens is 1. The van der Waals surface area contributed by atoms with Crippen molar-refractivity contribution in [3.63, 3.8) is 0 Å². The van der Waals surface area contributed by atoms with E-state index in [9.17, 15) is 0 Å². The molecule has 0 bridgehead atoms. The molecule has 0 aliphatic rings. The number of rotatable bonds is 0. The van der Waals surface area contributed by atoms with Gasteiger partial charge in [0.2, 0.25) is 0 Å². The van der Waals surface area contributed by atoms with Crippen LogP contribution in [0.25, 0.3) is 10.9 Å². The summed E-state index contributed by atoms with van der Waals surface area (Å²) in [5.74, 6) is 0. The maximum atomic E-state index is 5.95. The molecule has 1 nitrogen and oxygen atoms in total. The fourth-order valence-electron chi connectivity index (χ4n) is 1.14. The SMILES string of the molecule is Cc1[c]c2nccc(Cl)c2cc1. The fourth-order valence-corrected chi connectivity index (χ4v) is 1.35. The van der Waals surface area contributed by atoms with Crippen LogP contribution in [0.4, 0.5) is 0 Å². The molecule has 1 radical (unpaired) electrons. The minimum absolute atomic E-state index is 0.733. The molecule has 0 unspecified atom stereocenters. The molecule has 0 N–H and O–H groups in total. The molecular weight excluding hydrogens is 170 g/mol. The van der Waals surface area contributed by atoms with Crippen molar-refractivity contribution < 1.29 is 0 Å². The van der Waals surface area contributed by atoms with E-state index >= 15 is 0 Å². The van der Waals surface area contributed by atoms with Gasteiger partial charge in [0.1, 0.15) is 0 Å². The molecule has 2 aromatic rings. The number of fused-ring (bicyclic) bond motifs is 1. The number of hydrogen-bond donors (Lipinski definition) is 0. The van der Waals surface area contributed by atoms with Gasteiger partial charge in [0.15, 0.2) is 0 Å². The van der Waals surface area contributed by atoms with Crippen LogP contribution in [-0.4, -0.2) is 4.98 Å². The minimum Gasteiger partial charge on any atom is -0.255 e. The summed E-state index contributed by atoms with van der Waals surface area (Å²) >= 11 is 5.95. The zero-order chi connectivity index (χ0) is 8.55. The molecule has 0 aliphatic carbocycles. The van der Waals surface area contributed by atoms with E-state index in [0.717, 1.165) is 21.5 Å². The molecule has 0 fully saturated rings. The van der Waals surface area contributed by atoms with Crippen LogP contribution < -0.4 is 0 Å². The molecule has 12 heavy (non-hydrogen) atoms. The van der Waals surface area contributed by atoms with E-state index in [4.69, 9.17) is 11.6 Å². The summed E-state index contributed by atoms with van der Waals surface area (Å²) in [6, 6.07) is 8.87. The third-order valence-corrected chi connectivity index (χ3v) is 2.08. The van der Waals surface area contributed by atoms with Gasteiger partial charge in [0, 0.05) is 17.6 Å². The molecule has 1 heterocycles. The lowest BCUT2D eigenvalue weighted by Gasteiger charge is -1.98. The van der Waals surface area contributed by atoms with E-state index in [1.165, 1.54) is 0 Å². The van der Waals surface area contributed by atoms with Gasteiger partial charge in [-0.3, -0.25) is 4.98 Å². The summed E-state index contributed by atoms with van der Waals surface area (Å²) in [5, 5.41) is 1.70. The van der Waals surface area contributed by atoms with Crippen molar-refractivity contribution in [2.45, 2.75) is 6.92 Å². The lowest BCUT2D eigenvalue weighted by molar-refractivity contribution is 1.38. The van der Waals surface area contributed by atoms with Crippen LogP contribution >= 0.6 is 11.6 Å². The van der Waals surface area contributed by atoms with Crippen molar-refractivity contribution >= 4 is 22.5 Å². The zero-order valence-corrected chi connectivity index (χ0v) is 7.39. The maximum absolute atomic E-state index is 5.95. The first-order valence-corrected chi connectivity index (χ1v) is 4.08. The Bertz CT molecular complexity index is 423. The molecule has 0 spiro atoms. The lowest BCUT2D eigenvalue weighted by atomic mass is 10.1. The van der Waals surface area contributed by atoms with Crippen LogP contribution in [0.1, 0.15) is 5.56 Å². The number of pyridine rings is 1. The molecular formula is C10H7ClN. The Labute approximate surface area is 76.0 Å². The number of benzene rings is 1. The number of nitrogens with zero attached hydrogens (tertiary/aromatic N) is 1. The highest BCUT2D eigenvalue weighted by atomic mass is 35.5. The van der Waals surface area contributed by atoms with Crippen LogP contribution in [0.3, 0.4) is 0 Å². The van der Waals surface area contributed by atoms with Crippen molar-refractivity contribution in [2.75, 3.05) is 0 Å². The predicted octanol–water partition coefficient (Wildman–Crippen LogP) is 3.00. The second-order valence-corrected chi connectivity index (χ2v) is 3.10. The topological polar surface area (TPSA) is 12.9 Å². The summed E-state index contributed by atoms with van der Waals surface area (Å²) in [5.41, 5.74) is 1.92. The molecule has 0 atom stereocenters. The fraction of sp³-hybridized carbons (Fsp3) is 0.100. The molecule has 0 amide bonds. The highest BCUT2D eigenvalue weighted by Gasteiger charge is 1.98. The van der Waals surface area contributed by atoms with E-state index in [1.807, 2.05) is 19.1 Å². The summed E-state index contributed by atoms with van der Waals surface area (Å²) in [6.45, 7) is 1.99. The lowest BCUT2D eigenvalue weighted by Crippen LogP contribution is -1.80. The molecule has 1 aromatic heterocycles. The van der Waals surface area contributed by atoms with Crippen molar-refractivity contribution in [3.05, 3.63) is 41.0 Å². The van der Waals surface area contributed by atoms with E-state index < -0.39 is 0 Å². The molecule has 0 aliphatic heterocycles. The van der Waals surface area contributed by atoms with Crippen molar-refractivity contribution in [2.24, 2.45) is 0 Å². The Balaban J connectivity index is 2.86. The molecule has 59 valence electrons. The highest BCUT2D eigenvalue weighted by molar-refractivity contribution is 6.35. The van der Waals surface area contributed by atoms with Gasteiger partial charge in [0.05, 0.1) is 10.5 Å². The normalized spacial score (nSPS) is 10.5. The standard InChI is InChI=1S/C10H7ClN/c1-7-2-3-8-9(11)4-5-12-10(8)6-7/h2-5H,1H3. The van der Waals surface area contributed by atoms with Crippen molar-refractivity contribution in [1.82, 2.24) is 4.98 Å². The monoisotopic (exact) mass is 176 g/mol. The number of aryl methyl sites for hydroxylation is 1. The summed E-state index contributed by atoms with van der Waals surface area (Å²) in [4.78, 5) is 4.16.